The molecular weight excluding hydrogens is 223 g/mol. The summed E-state index contributed by atoms with van der Waals surface area (Å²) in [5.41, 5.74) is 1.19. The van der Waals surface area contributed by atoms with Gasteiger partial charge in [0, 0.05) is 11.6 Å². The van der Waals surface area contributed by atoms with Gasteiger partial charge in [-0.2, -0.15) is 9.97 Å². The lowest BCUT2D eigenvalue weighted by Gasteiger charge is -2.06. The highest BCUT2D eigenvalue weighted by Gasteiger charge is 2.07. The van der Waals surface area contributed by atoms with Gasteiger partial charge in [0.15, 0.2) is 0 Å². The van der Waals surface area contributed by atoms with Gasteiger partial charge in [-0.1, -0.05) is 12.1 Å². The van der Waals surface area contributed by atoms with Gasteiger partial charge in [0.2, 0.25) is 5.88 Å². The molecule has 0 aliphatic heterocycles. The Kier molecular flexibility index (Phi) is 3.18. The molecule has 1 aromatic heterocycles. The fourth-order valence-corrected chi connectivity index (χ4v) is 1.40. The van der Waals surface area contributed by atoms with Crippen LogP contribution in [0.3, 0.4) is 0 Å². The number of methoxy groups -OCH3 is 2. The van der Waals surface area contributed by atoms with Crippen molar-refractivity contribution in [2.24, 2.45) is 0 Å². The number of hydrogen-bond acceptors (Lipinski definition) is 4. The lowest BCUT2D eigenvalue weighted by atomic mass is 10.1. The van der Waals surface area contributed by atoms with Crippen LogP contribution in [-0.2, 0) is 0 Å². The van der Waals surface area contributed by atoms with Crippen molar-refractivity contribution in [1.29, 1.82) is 0 Å². The number of benzene rings is 1. The first-order valence-electron chi connectivity index (χ1n) is 4.96. The van der Waals surface area contributed by atoms with Crippen LogP contribution in [0.15, 0.2) is 30.3 Å². The quantitative estimate of drug-likeness (QED) is 0.817. The largest absolute Gasteiger partial charge is 0.481 e. The maximum atomic E-state index is 13.1. The predicted octanol–water partition coefficient (Wildman–Crippen LogP) is 2.30. The molecule has 0 atom stereocenters. The molecule has 0 bridgehead atoms. The average molecular weight is 234 g/mol. The van der Waals surface area contributed by atoms with E-state index in [4.69, 9.17) is 9.47 Å². The van der Waals surface area contributed by atoms with Crippen molar-refractivity contribution in [2.75, 3.05) is 14.2 Å². The molecule has 0 amide bonds. The van der Waals surface area contributed by atoms with Crippen molar-refractivity contribution in [3.8, 4) is 23.1 Å². The van der Waals surface area contributed by atoms with E-state index in [1.165, 1.54) is 26.4 Å². The number of rotatable bonds is 3. The van der Waals surface area contributed by atoms with E-state index in [9.17, 15) is 4.39 Å². The molecule has 0 aliphatic rings. The van der Waals surface area contributed by atoms with E-state index in [0.717, 1.165) is 0 Å². The molecule has 2 aromatic rings. The summed E-state index contributed by atoms with van der Waals surface area (Å²) in [5.74, 6) is 0.0511. The third kappa shape index (κ3) is 2.50. The van der Waals surface area contributed by atoms with Crippen LogP contribution in [0.4, 0.5) is 4.39 Å². The van der Waals surface area contributed by atoms with Crippen molar-refractivity contribution < 1.29 is 13.9 Å². The number of aromatic nitrogens is 2. The standard InChI is InChI=1S/C12H11FN2O2/c1-16-11-7-10(14-12(15-11)17-2)8-4-3-5-9(13)6-8/h3-7H,1-2H3. The fourth-order valence-electron chi connectivity index (χ4n) is 1.40. The maximum Gasteiger partial charge on any atom is 0.320 e. The van der Waals surface area contributed by atoms with Crippen molar-refractivity contribution in [1.82, 2.24) is 9.97 Å². The van der Waals surface area contributed by atoms with Gasteiger partial charge in [0.05, 0.1) is 19.9 Å². The second-order valence-corrected chi connectivity index (χ2v) is 3.29. The third-order valence-corrected chi connectivity index (χ3v) is 2.19. The van der Waals surface area contributed by atoms with Gasteiger partial charge in [-0.25, -0.2) is 4.39 Å². The summed E-state index contributed by atoms with van der Waals surface area (Å²) < 4.78 is 23.1. The van der Waals surface area contributed by atoms with Crippen LogP contribution in [0.25, 0.3) is 11.3 Å². The molecule has 0 saturated heterocycles. The van der Waals surface area contributed by atoms with Crippen LogP contribution in [0, 0.1) is 5.82 Å². The van der Waals surface area contributed by atoms with E-state index in [0.29, 0.717) is 17.1 Å². The summed E-state index contributed by atoms with van der Waals surface area (Å²) in [4.78, 5) is 8.10. The third-order valence-electron chi connectivity index (χ3n) is 2.19. The molecule has 88 valence electrons. The van der Waals surface area contributed by atoms with Crippen LogP contribution in [0.1, 0.15) is 0 Å². The van der Waals surface area contributed by atoms with E-state index in [2.05, 4.69) is 9.97 Å². The highest BCUT2D eigenvalue weighted by molar-refractivity contribution is 5.60. The zero-order chi connectivity index (χ0) is 12.3. The number of ether oxygens (including phenoxy) is 2. The van der Waals surface area contributed by atoms with Crippen molar-refractivity contribution in [3.05, 3.63) is 36.1 Å². The highest BCUT2D eigenvalue weighted by atomic mass is 19.1. The minimum atomic E-state index is -0.320. The van der Waals surface area contributed by atoms with Crippen molar-refractivity contribution >= 4 is 0 Å². The SMILES string of the molecule is COc1cc(-c2cccc(F)c2)nc(OC)n1. The molecule has 4 nitrogen and oxygen atoms in total. The molecule has 1 aromatic carbocycles. The van der Waals surface area contributed by atoms with Gasteiger partial charge in [0.1, 0.15) is 5.82 Å². The summed E-state index contributed by atoms with van der Waals surface area (Å²) in [6, 6.07) is 7.94. The van der Waals surface area contributed by atoms with E-state index < -0.39 is 0 Å². The Morgan fingerprint density at radius 1 is 1.06 bits per heavy atom. The van der Waals surface area contributed by atoms with Crippen LogP contribution in [0.5, 0.6) is 11.9 Å². The maximum absolute atomic E-state index is 13.1. The normalized spacial score (nSPS) is 10.1. The van der Waals surface area contributed by atoms with Gasteiger partial charge < -0.3 is 9.47 Å². The van der Waals surface area contributed by atoms with Gasteiger partial charge in [-0.3, -0.25) is 0 Å². The van der Waals surface area contributed by atoms with Crippen molar-refractivity contribution in [2.45, 2.75) is 0 Å². The lowest BCUT2D eigenvalue weighted by Crippen LogP contribution is -1.97. The Labute approximate surface area is 98.1 Å². The van der Waals surface area contributed by atoms with Gasteiger partial charge in [-0.15, -0.1) is 0 Å². The highest BCUT2D eigenvalue weighted by Crippen LogP contribution is 2.23. The van der Waals surface area contributed by atoms with Gasteiger partial charge >= 0.3 is 6.01 Å². The molecule has 0 radical (unpaired) electrons. The summed E-state index contributed by atoms with van der Waals surface area (Å²) in [6.45, 7) is 0. The topological polar surface area (TPSA) is 44.2 Å². The Bertz CT molecular complexity index is 509. The van der Waals surface area contributed by atoms with Crippen LogP contribution < -0.4 is 9.47 Å². The monoisotopic (exact) mass is 234 g/mol. The average Bonchev–Trinajstić information content (AvgIpc) is 2.38. The second kappa shape index (κ2) is 4.78. The Morgan fingerprint density at radius 3 is 2.53 bits per heavy atom. The molecule has 5 heteroatoms. The Morgan fingerprint density at radius 2 is 1.88 bits per heavy atom. The van der Waals surface area contributed by atoms with Crippen LogP contribution >= 0.6 is 0 Å². The van der Waals surface area contributed by atoms with E-state index in [1.54, 1.807) is 18.2 Å². The lowest BCUT2D eigenvalue weighted by molar-refractivity contribution is 0.352. The predicted molar refractivity (Wildman–Crippen MR) is 60.5 cm³/mol. The number of halogens is 1. The summed E-state index contributed by atoms with van der Waals surface area (Å²) in [6.07, 6.45) is 0. The molecule has 0 fully saturated rings. The van der Waals surface area contributed by atoms with Gasteiger partial charge in [0.25, 0.3) is 0 Å². The zero-order valence-corrected chi connectivity index (χ0v) is 9.48. The van der Waals surface area contributed by atoms with Crippen molar-refractivity contribution in [3.63, 3.8) is 0 Å². The molecule has 2 rings (SSSR count). The second-order valence-electron chi connectivity index (χ2n) is 3.29. The summed E-state index contributed by atoms with van der Waals surface area (Å²) in [7, 11) is 2.96. The Hall–Kier alpha value is -2.17. The minimum absolute atomic E-state index is 0.184. The van der Waals surface area contributed by atoms with Gasteiger partial charge in [-0.05, 0) is 12.1 Å². The Balaban J connectivity index is 2.50. The molecule has 0 N–H and O–H groups in total. The van der Waals surface area contributed by atoms with Crippen LogP contribution in [-0.4, -0.2) is 24.2 Å². The first kappa shape index (κ1) is 11.3. The fraction of sp³-hybridized carbons (Fsp3) is 0.167. The number of hydrogen-bond donors (Lipinski definition) is 0. The molecule has 0 saturated carbocycles. The number of nitrogens with zero attached hydrogens (tertiary/aromatic N) is 2. The molecule has 1 heterocycles. The molecule has 0 unspecified atom stereocenters. The minimum Gasteiger partial charge on any atom is -0.481 e. The molecular formula is C12H11FN2O2. The zero-order valence-electron chi connectivity index (χ0n) is 9.48. The van der Waals surface area contributed by atoms with Crippen LogP contribution in [0.2, 0.25) is 0 Å². The first-order chi connectivity index (χ1) is 8.22. The van der Waals surface area contributed by atoms with E-state index >= 15 is 0 Å². The summed E-state index contributed by atoms with van der Waals surface area (Å²) in [5, 5.41) is 0. The van der Waals surface area contributed by atoms with E-state index in [1.807, 2.05) is 0 Å². The summed E-state index contributed by atoms with van der Waals surface area (Å²) >= 11 is 0. The molecule has 0 aliphatic carbocycles. The first-order valence-corrected chi connectivity index (χ1v) is 4.96. The molecule has 17 heavy (non-hydrogen) atoms. The van der Waals surface area contributed by atoms with E-state index in [-0.39, 0.29) is 11.8 Å². The molecule has 0 spiro atoms. The smallest absolute Gasteiger partial charge is 0.320 e.